The second kappa shape index (κ2) is 7.50. The number of amides is 1. The number of hydrogen-bond donors (Lipinski definition) is 2. The molecule has 1 amide bonds. The van der Waals surface area contributed by atoms with Crippen LogP contribution in [0.5, 0.6) is 5.75 Å². The van der Waals surface area contributed by atoms with Gasteiger partial charge in [0.15, 0.2) is 0 Å². The zero-order valence-electron chi connectivity index (χ0n) is 11.6. The molecule has 1 rings (SSSR count). The SMILES string of the molecule is CC(C)NC(=O)CCOc1cc(Br)ccc1C(C)N. The number of ether oxygens (including phenoxy) is 1. The van der Waals surface area contributed by atoms with Crippen molar-refractivity contribution in [2.24, 2.45) is 5.73 Å². The molecular weight excluding hydrogens is 308 g/mol. The van der Waals surface area contributed by atoms with Crippen molar-refractivity contribution >= 4 is 21.8 Å². The fourth-order valence-electron chi connectivity index (χ4n) is 1.66. The number of carbonyl (C=O) groups excluding carboxylic acids is 1. The second-order valence-corrected chi connectivity index (χ2v) is 5.71. The van der Waals surface area contributed by atoms with Gasteiger partial charge in [-0.05, 0) is 32.9 Å². The molecule has 0 aliphatic carbocycles. The summed E-state index contributed by atoms with van der Waals surface area (Å²) in [5, 5.41) is 2.82. The minimum absolute atomic E-state index is 0.00709. The molecule has 0 aliphatic rings. The molecule has 1 unspecified atom stereocenters. The van der Waals surface area contributed by atoms with Crippen LogP contribution < -0.4 is 15.8 Å². The van der Waals surface area contributed by atoms with Crippen LogP contribution >= 0.6 is 15.9 Å². The molecule has 1 aromatic carbocycles. The minimum Gasteiger partial charge on any atom is -0.493 e. The Morgan fingerprint density at radius 2 is 2.11 bits per heavy atom. The van der Waals surface area contributed by atoms with E-state index in [1.807, 2.05) is 39.0 Å². The molecule has 0 spiro atoms. The van der Waals surface area contributed by atoms with Crippen LogP contribution in [0.1, 0.15) is 38.8 Å². The smallest absolute Gasteiger partial charge is 0.223 e. The third kappa shape index (κ3) is 5.61. The molecule has 5 heteroatoms. The van der Waals surface area contributed by atoms with Gasteiger partial charge in [0.25, 0.3) is 0 Å². The molecule has 19 heavy (non-hydrogen) atoms. The van der Waals surface area contributed by atoms with Gasteiger partial charge < -0.3 is 15.8 Å². The summed E-state index contributed by atoms with van der Waals surface area (Å²) >= 11 is 3.40. The van der Waals surface area contributed by atoms with Gasteiger partial charge in [-0.2, -0.15) is 0 Å². The molecule has 0 saturated heterocycles. The lowest BCUT2D eigenvalue weighted by Crippen LogP contribution is -2.31. The maximum Gasteiger partial charge on any atom is 0.223 e. The number of halogens is 1. The molecule has 0 radical (unpaired) electrons. The van der Waals surface area contributed by atoms with Crippen molar-refractivity contribution < 1.29 is 9.53 Å². The predicted molar refractivity (Wildman–Crippen MR) is 80.1 cm³/mol. The lowest BCUT2D eigenvalue weighted by atomic mass is 10.1. The van der Waals surface area contributed by atoms with E-state index in [0.29, 0.717) is 13.0 Å². The maximum atomic E-state index is 11.5. The Morgan fingerprint density at radius 1 is 1.42 bits per heavy atom. The van der Waals surface area contributed by atoms with Gasteiger partial charge in [-0.25, -0.2) is 0 Å². The van der Waals surface area contributed by atoms with Crippen molar-refractivity contribution in [1.82, 2.24) is 5.32 Å². The topological polar surface area (TPSA) is 64.3 Å². The van der Waals surface area contributed by atoms with Crippen molar-refractivity contribution in [2.45, 2.75) is 39.3 Å². The molecule has 3 N–H and O–H groups in total. The summed E-state index contributed by atoms with van der Waals surface area (Å²) in [5.41, 5.74) is 6.82. The Morgan fingerprint density at radius 3 is 2.68 bits per heavy atom. The van der Waals surface area contributed by atoms with Gasteiger partial charge >= 0.3 is 0 Å². The van der Waals surface area contributed by atoms with E-state index >= 15 is 0 Å². The van der Waals surface area contributed by atoms with Gasteiger partial charge in [0.05, 0.1) is 13.0 Å². The van der Waals surface area contributed by atoms with Crippen LogP contribution in [0.15, 0.2) is 22.7 Å². The van der Waals surface area contributed by atoms with Crippen LogP contribution in [0.2, 0.25) is 0 Å². The van der Waals surface area contributed by atoms with E-state index in [1.54, 1.807) is 0 Å². The lowest BCUT2D eigenvalue weighted by Gasteiger charge is -2.15. The summed E-state index contributed by atoms with van der Waals surface area (Å²) in [6, 6.07) is 5.78. The van der Waals surface area contributed by atoms with Gasteiger partial charge in [0.2, 0.25) is 5.91 Å². The summed E-state index contributed by atoms with van der Waals surface area (Å²) in [7, 11) is 0. The van der Waals surface area contributed by atoms with Crippen LogP contribution in [0, 0.1) is 0 Å². The quantitative estimate of drug-likeness (QED) is 0.843. The van der Waals surface area contributed by atoms with Crippen molar-refractivity contribution in [3.63, 3.8) is 0 Å². The number of hydrogen-bond acceptors (Lipinski definition) is 3. The maximum absolute atomic E-state index is 11.5. The van der Waals surface area contributed by atoms with Gasteiger partial charge in [-0.15, -0.1) is 0 Å². The van der Waals surface area contributed by atoms with Gasteiger partial charge in [0, 0.05) is 22.1 Å². The Balaban J connectivity index is 2.57. The third-order valence-electron chi connectivity index (χ3n) is 2.50. The van der Waals surface area contributed by atoms with Gasteiger partial charge in [-0.3, -0.25) is 4.79 Å². The Kier molecular flexibility index (Phi) is 6.31. The minimum atomic E-state index is -0.104. The average Bonchev–Trinajstić information content (AvgIpc) is 2.27. The summed E-state index contributed by atoms with van der Waals surface area (Å²) < 4.78 is 6.59. The molecule has 0 fully saturated rings. The molecule has 0 aromatic heterocycles. The zero-order valence-corrected chi connectivity index (χ0v) is 13.2. The first-order chi connectivity index (χ1) is 8.90. The summed E-state index contributed by atoms with van der Waals surface area (Å²) in [5.74, 6) is 0.717. The van der Waals surface area contributed by atoms with E-state index in [9.17, 15) is 4.79 Å². The highest BCUT2D eigenvalue weighted by Gasteiger charge is 2.10. The molecule has 1 atom stereocenters. The van der Waals surface area contributed by atoms with E-state index in [2.05, 4.69) is 21.2 Å². The summed E-state index contributed by atoms with van der Waals surface area (Å²) in [6.07, 6.45) is 0.336. The van der Waals surface area contributed by atoms with Crippen molar-refractivity contribution in [3.8, 4) is 5.75 Å². The molecule has 0 saturated carbocycles. The van der Waals surface area contributed by atoms with Crippen molar-refractivity contribution in [3.05, 3.63) is 28.2 Å². The number of carbonyl (C=O) groups is 1. The van der Waals surface area contributed by atoms with Crippen LogP contribution in [-0.4, -0.2) is 18.6 Å². The standard InChI is InChI=1S/C14H21BrN2O2/c1-9(2)17-14(18)6-7-19-13-8-11(15)4-5-12(13)10(3)16/h4-5,8-10H,6-7,16H2,1-3H3,(H,17,18). The molecular formula is C14H21BrN2O2. The van der Waals surface area contributed by atoms with E-state index in [1.165, 1.54) is 0 Å². The van der Waals surface area contributed by atoms with Crippen LogP contribution in [0.4, 0.5) is 0 Å². The Bertz CT molecular complexity index is 433. The van der Waals surface area contributed by atoms with E-state index in [0.717, 1.165) is 15.8 Å². The summed E-state index contributed by atoms with van der Waals surface area (Å²) in [4.78, 5) is 11.5. The number of rotatable bonds is 6. The second-order valence-electron chi connectivity index (χ2n) is 4.79. The lowest BCUT2D eigenvalue weighted by molar-refractivity contribution is -0.122. The fraction of sp³-hybridized carbons (Fsp3) is 0.500. The summed E-state index contributed by atoms with van der Waals surface area (Å²) in [6.45, 7) is 6.11. The largest absolute Gasteiger partial charge is 0.493 e. The fourth-order valence-corrected chi connectivity index (χ4v) is 2.00. The molecule has 0 heterocycles. The van der Waals surface area contributed by atoms with Crippen LogP contribution in [0.3, 0.4) is 0 Å². The molecule has 0 bridgehead atoms. The Hall–Kier alpha value is -1.07. The third-order valence-corrected chi connectivity index (χ3v) is 3.00. The van der Waals surface area contributed by atoms with Crippen molar-refractivity contribution in [2.75, 3.05) is 6.61 Å². The van der Waals surface area contributed by atoms with Gasteiger partial charge in [0.1, 0.15) is 5.75 Å². The highest BCUT2D eigenvalue weighted by molar-refractivity contribution is 9.10. The van der Waals surface area contributed by atoms with E-state index in [-0.39, 0.29) is 18.0 Å². The highest BCUT2D eigenvalue weighted by Crippen LogP contribution is 2.27. The molecule has 1 aromatic rings. The first kappa shape index (κ1) is 16.0. The number of nitrogens with one attached hydrogen (secondary N) is 1. The monoisotopic (exact) mass is 328 g/mol. The first-order valence-electron chi connectivity index (χ1n) is 6.37. The van der Waals surface area contributed by atoms with E-state index in [4.69, 9.17) is 10.5 Å². The normalized spacial score (nSPS) is 12.3. The molecule has 4 nitrogen and oxygen atoms in total. The van der Waals surface area contributed by atoms with E-state index < -0.39 is 0 Å². The average molecular weight is 329 g/mol. The Labute approximate surface area is 122 Å². The zero-order chi connectivity index (χ0) is 14.4. The predicted octanol–water partition coefficient (Wildman–Crippen LogP) is 2.76. The van der Waals surface area contributed by atoms with Crippen LogP contribution in [0.25, 0.3) is 0 Å². The van der Waals surface area contributed by atoms with Gasteiger partial charge in [-0.1, -0.05) is 22.0 Å². The van der Waals surface area contributed by atoms with Crippen LogP contribution in [-0.2, 0) is 4.79 Å². The molecule has 0 aliphatic heterocycles. The number of benzene rings is 1. The highest BCUT2D eigenvalue weighted by atomic mass is 79.9. The molecule has 106 valence electrons. The van der Waals surface area contributed by atoms with Crippen molar-refractivity contribution in [1.29, 1.82) is 0 Å². The number of nitrogens with two attached hydrogens (primary N) is 1. The first-order valence-corrected chi connectivity index (χ1v) is 7.16.